The lowest BCUT2D eigenvalue weighted by molar-refractivity contribution is -0.916. The predicted octanol–water partition coefficient (Wildman–Crippen LogP) is 2.64. The molecule has 0 aromatic heterocycles. The number of rotatable bonds is 9. The molecule has 2 aromatic rings. The molecule has 5 nitrogen and oxygen atoms in total. The Labute approximate surface area is 168 Å². The summed E-state index contributed by atoms with van der Waals surface area (Å²) in [6.45, 7) is 8.24. The van der Waals surface area contributed by atoms with E-state index >= 15 is 0 Å². The van der Waals surface area contributed by atoms with Crippen LogP contribution in [0.1, 0.15) is 36.6 Å². The minimum atomic E-state index is -0.256. The summed E-state index contributed by atoms with van der Waals surface area (Å²) < 4.78 is 10.9. The number of ether oxygens (including phenoxy) is 2. The highest BCUT2D eigenvalue weighted by molar-refractivity contribution is 5.82. The second-order valence-electron chi connectivity index (χ2n) is 7.01. The molecule has 2 rings (SSSR count). The van der Waals surface area contributed by atoms with Crippen molar-refractivity contribution >= 4 is 5.91 Å². The Bertz CT molecular complexity index is 773. The molecule has 0 aliphatic rings. The van der Waals surface area contributed by atoms with Crippen molar-refractivity contribution in [2.45, 2.75) is 33.4 Å². The molecule has 2 atom stereocenters. The first-order valence-corrected chi connectivity index (χ1v) is 9.84. The smallest absolute Gasteiger partial charge is 0.285 e. The van der Waals surface area contributed by atoms with Crippen LogP contribution in [0.25, 0.3) is 0 Å². The van der Waals surface area contributed by atoms with Crippen LogP contribution in [0.5, 0.6) is 11.5 Å². The maximum atomic E-state index is 13.3. The van der Waals surface area contributed by atoms with Crippen molar-refractivity contribution in [3.8, 4) is 11.5 Å². The van der Waals surface area contributed by atoms with Gasteiger partial charge >= 0.3 is 0 Å². The van der Waals surface area contributed by atoms with Gasteiger partial charge in [-0.3, -0.25) is 4.79 Å². The van der Waals surface area contributed by atoms with Gasteiger partial charge in [0.2, 0.25) is 0 Å². The molecule has 0 heterocycles. The highest BCUT2D eigenvalue weighted by Gasteiger charge is 2.32. The minimum Gasteiger partial charge on any atom is -0.493 e. The molecule has 28 heavy (non-hydrogen) atoms. The molecule has 2 aromatic carbocycles. The van der Waals surface area contributed by atoms with Gasteiger partial charge in [0, 0.05) is 24.2 Å². The van der Waals surface area contributed by atoms with Gasteiger partial charge in [0.25, 0.3) is 5.91 Å². The molecule has 0 spiro atoms. The SMILES string of the molecule is CCN(CC)C(=O)[C@@H](c1ccccc1)[NH+](C)Cc1cc(OC)c(OC)cc1C. The lowest BCUT2D eigenvalue weighted by Crippen LogP contribution is -3.09. The lowest BCUT2D eigenvalue weighted by Gasteiger charge is -2.30. The number of nitrogens with one attached hydrogen (secondary N) is 1. The van der Waals surface area contributed by atoms with Gasteiger partial charge in [0.1, 0.15) is 6.54 Å². The van der Waals surface area contributed by atoms with E-state index in [1.54, 1.807) is 14.2 Å². The first kappa shape index (κ1) is 21.8. The van der Waals surface area contributed by atoms with Crippen LogP contribution in [0, 0.1) is 6.92 Å². The second kappa shape index (κ2) is 10.1. The first-order valence-electron chi connectivity index (χ1n) is 9.84. The lowest BCUT2D eigenvalue weighted by atomic mass is 10.0. The summed E-state index contributed by atoms with van der Waals surface area (Å²) in [5.74, 6) is 1.59. The molecule has 0 aliphatic carbocycles. The van der Waals surface area contributed by atoms with Crippen LogP contribution in [0.4, 0.5) is 0 Å². The van der Waals surface area contributed by atoms with Crippen molar-refractivity contribution in [1.29, 1.82) is 0 Å². The van der Waals surface area contributed by atoms with E-state index in [2.05, 4.69) is 14.0 Å². The first-order chi connectivity index (χ1) is 13.5. The molecule has 0 saturated carbocycles. The number of carbonyl (C=O) groups excluding carboxylic acids is 1. The fraction of sp³-hybridized carbons (Fsp3) is 0.435. The summed E-state index contributed by atoms with van der Waals surface area (Å²) in [5.41, 5.74) is 3.30. The average molecular weight is 386 g/mol. The van der Waals surface area contributed by atoms with Gasteiger partial charge in [-0.05, 0) is 38.5 Å². The number of methoxy groups -OCH3 is 2. The number of aryl methyl sites for hydroxylation is 1. The van der Waals surface area contributed by atoms with Gasteiger partial charge in [0.15, 0.2) is 17.5 Å². The fourth-order valence-electron chi connectivity index (χ4n) is 3.62. The highest BCUT2D eigenvalue weighted by atomic mass is 16.5. The quantitative estimate of drug-likeness (QED) is 0.722. The molecule has 0 aliphatic heterocycles. The predicted molar refractivity (Wildman–Crippen MR) is 112 cm³/mol. The van der Waals surface area contributed by atoms with Gasteiger partial charge < -0.3 is 19.3 Å². The van der Waals surface area contributed by atoms with Gasteiger partial charge in [0.05, 0.1) is 21.3 Å². The topological polar surface area (TPSA) is 43.2 Å². The molecule has 152 valence electrons. The number of amides is 1. The van der Waals surface area contributed by atoms with Crippen molar-refractivity contribution in [1.82, 2.24) is 4.90 Å². The Morgan fingerprint density at radius 1 is 1.04 bits per heavy atom. The molecule has 0 radical (unpaired) electrons. The number of benzene rings is 2. The van der Waals surface area contributed by atoms with Crippen LogP contribution in [0.15, 0.2) is 42.5 Å². The molecule has 0 fully saturated rings. The van der Waals surface area contributed by atoms with Gasteiger partial charge in [-0.15, -0.1) is 0 Å². The number of carbonyl (C=O) groups is 1. The van der Waals surface area contributed by atoms with Crippen molar-refractivity contribution in [3.63, 3.8) is 0 Å². The van der Waals surface area contributed by atoms with Crippen molar-refractivity contribution in [2.75, 3.05) is 34.4 Å². The zero-order valence-corrected chi connectivity index (χ0v) is 17.9. The summed E-state index contributed by atoms with van der Waals surface area (Å²) in [4.78, 5) is 16.3. The monoisotopic (exact) mass is 385 g/mol. The average Bonchev–Trinajstić information content (AvgIpc) is 2.71. The molecular weight excluding hydrogens is 352 g/mol. The summed E-state index contributed by atoms with van der Waals surface area (Å²) in [6, 6.07) is 13.8. The van der Waals surface area contributed by atoms with E-state index in [-0.39, 0.29) is 11.9 Å². The summed E-state index contributed by atoms with van der Waals surface area (Å²) in [6.07, 6.45) is 0. The van der Waals surface area contributed by atoms with E-state index in [1.165, 1.54) is 0 Å². The number of likely N-dealkylation sites (N-methyl/N-ethyl adjacent to an activating group) is 2. The zero-order chi connectivity index (χ0) is 20.7. The molecule has 1 N–H and O–H groups in total. The van der Waals surface area contributed by atoms with E-state index in [0.29, 0.717) is 25.4 Å². The van der Waals surface area contributed by atoms with E-state index in [1.807, 2.05) is 61.2 Å². The van der Waals surface area contributed by atoms with Crippen LogP contribution < -0.4 is 14.4 Å². The molecule has 0 bridgehead atoms. The van der Waals surface area contributed by atoms with Crippen LogP contribution in [0.3, 0.4) is 0 Å². The third-order valence-electron chi connectivity index (χ3n) is 5.26. The van der Waals surface area contributed by atoms with Crippen molar-refractivity contribution < 1.29 is 19.2 Å². The largest absolute Gasteiger partial charge is 0.493 e. The molecule has 1 unspecified atom stereocenters. The number of quaternary nitrogens is 1. The van der Waals surface area contributed by atoms with E-state index < -0.39 is 0 Å². The van der Waals surface area contributed by atoms with E-state index in [0.717, 1.165) is 27.3 Å². The maximum Gasteiger partial charge on any atom is 0.285 e. The van der Waals surface area contributed by atoms with Crippen LogP contribution in [-0.2, 0) is 11.3 Å². The van der Waals surface area contributed by atoms with Gasteiger partial charge in [-0.25, -0.2) is 0 Å². The fourth-order valence-corrected chi connectivity index (χ4v) is 3.62. The van der Waals surface area contributed by atoms with Gasteiger partial charge in [-0.2, -0.15) is 0 Å². The van der Waals surface area contributed by atoms with E-state index in [4.69, 9.17) is 9.47 Å². The minimum absolute atomic E-state index is 0.159. The Morgan fingerprint density at radius 2 is 1.61 bits per heavy atom. The van der Waals surface area contributed by atoms with Crippen molar-refractivity contribution in [2.24, 2.45) is 0 Å². The molecular formula is C23H33N2O3+. The Morgan fingerprint density at radius 3 is 2.14 bits per heavy atom. The number of hydrogen-bond acceptors (Lipinski definition) is 3. The van der Waals surface area contributed by atoms with Crippen molar-refractivity contribution in [3.05, 3.63) is 59.2 Å². The number of nitrogens with zero attached hydrogens (tertiary/aromatic N) is 1. The molecule has 1 amide bonds. The second-order valence-corrected chi connectivity index (χ2v) is 7.01. The summed E-state index contributed by atoms with van der Waals surface area (Å²) >= 11 is 0. The molecule has 0 saturated heterocycles. The zero-order valence-electron chi connectivity index (χ0n) is 17.9. The summed E-state index contributed by atoms with van der Waals surface area (Å²) in [5, 5.41) is 0. The molecule has 5 heteroatoms. The third kappa shape index (κ3) is 4.84. The highest BCUT2D eigenvalue weighted by Crippen LogP contribution is 2.30. The summed E-state index contributed by atoms with van der Waals surface area (Å²) in [7, 11) is 5.36. The van der Waals surface area contributed by atoms with Gasteiger partial charge in [-0.1, -0.05) is 30.3 Å². The Balaban J connectivity index is 2.38. The Kier molecular flexibility index (Phi) is 7.88. The van der Waals surface area contributed by atoms with Crippen LogP contribution in [0.2, 0.25) is 0 Å². The maximum absolute atomic E-state index is 13.3. The standard InChI is InChI=1S/C23H32N2O3/c1-7-25(8-2)23(26)22(18-12-10-9-11-13-18)24(4)16-19-15-21(28-6)20(27-5)14-17(19)3/h9-15,22H,7-8,16H2,1-6H3/p+1/t22-/m1/s1. The normalized spacial score (nSPS) is 12.9. The van der Waals surface area contributed by atoms with Crippen LogP contribution in [-0.4, -0.2) is 45.2 Å². The third-order valence-corrected chi connectivity index (χ3v) is 5.26. The Hall–Kier alpha value is -2.53. The van der Waals surface area contributed by atoms with Crippen LogP contribution >= 0.6 is 0 Å². The van der Waals surface area contributed by atoms with E-state index in [9.17, 15) is 4.79 Å². The number of hydrogen-bond donors (Lipinski definition) is 1.